The van der Waals surface area contributed by atoms with Crippen molar-refractivity contribution in [2.24, 2.45) is 0 Å². The first-order valence-electron chi connectivity index (χ1n) is 10.1. The van der Waals surface area contributed by atoms with Gasteiger partial charge in [0.05, 0.1) is 18.9 Å². The molecule has 0 bridgehead atoms. The molecule has 0 spiro atoms. The summed E-state index contributed by atoms with van der Waals surface area (Å²) in [5, 5.41) is 4.60. The van der Waals surface area contributed by atoms with E-state index in [4.69, 9.17) is 9.47 Å². The zero-order valence-electron chi connectivity index (χ0n) is 16.4. The lowest BCUT2D eigenvalue weighted by Gasteiger charge is -2.27. The Morgan fingerprint density at radius 3 is 2.75 bits per heavy atom. The fourth-order valence-corrected chi connectivity index (χ4v) is 3.74. The van der Waals surface area contributed by atoms with Gasteiger partial charge in [-0.3, -0.25) is 14.4 Å². The molecular weight excluding hydrogens is 356 g/mol. The third kappa shape index (κ3) is 4.36. The second kappa shape index (κ2) is 8.75. The van der Waals surface area contributed by atoms with Gasteiger partial charge in [0.2, 0.25) is 0 Å². The molecule has 3 heterocycles. The summed E-state index contributed by atoms with van der Waals surface area (Å²) in [6.45, 7) is 7.93. The second-order valence-electron chi connectivity index (χ2n) is 7.45. The van der Waals surface area contributed by atoms with Crippen LogP contribution in [0.15, 0.2) is 36.4 Å². The van der Waals surface area contributed by atoms with Crippen molar-refractivity contribution in [3.05, 3.63) is 47.8 Å². The van der Waals surface area contributed by atoms with Crippen LogP contribution in [0.2, 0.25) is 0 Å². The third-order valence-corrected chi connectivity index (χ3v) is 5.42. The van der Waals surface area contributed by atoms with Gasteiger partial charge in [0.1, 0.15) is 12.4 Å². The molecular formula is C21H28N4O3. The number of rotatable bonds is 5. The summed E-state index contributed by atoms with van der Waals surface area (Å²) in [5.41, 5.74) is 1.65. The standard InChI is InChI=1S/C21H28N4O3/c1-17(16-28-19-6-3-2-4-7-19)24-8-5-9-25-18(15-24)14-20(22-25)21(26)23-10-12-27-13-11-23/h2-4,6-7,14,17H,5,8-13,15-16H2,1H3. The highest BCUT2D eigenvalue weighted by molar-refractivity contribution is 5.92. The molecule has 0 N–H and O–H groups in total. The van der Waals surface area contributed by atoms with Crippen LogP contribution < -0.4 is 4.74 Å². The summed E-state index contributed by atoms with van der Waals surface area (Å²) in [6, 6.07) is 12.2. The highest BCUT2D eigenvalue weighted by atomic mass is 16.5. The van der Waals surface area contributed by atoms with Crippen molar-refractivity contribution in [2.45, 2.75) is 32.5 Å². The van der Waals surface area contributed by atoms with E-state index >= 15 is 0 Å². The Hall–Kier alpha value is -2.38. The molecule has 2 aliphatic rings. The van der Waals surface area contributed by atoms with Crippen molar-refractivity contribution in [3.8, 4) is 5.75 Å². The van der Waals surface area contributed by atoms with Gasteiger partial charge >= 0.3 is 0 Å². The van der Waals surface area contributed by atoms with Crippen LogP contribution in [0.1, 0.15) is 29.5 Å². The van der Waals surface area contributed by atoms with E-state index in [1.54, 1.807) is 0 Å². The molecule has 0 saturated carbocycles. The smallest absolute Gasteiger partial charge is 0.274 e. The number of morpholine rings is 1. The number of para-hydroxylation sites is 1. The van der Waals surface area contributed by atoms with Crippen LogP contribution in [0.25, 0.3) is 0 Å². The van der Waals surface area contributed by atoms with Gasteiger partial charge in [0, 0.05) is 38.8 Å². The Bertz CT molecular complexity index is 786. The molecule has 2 aromatic rings. The molecule has 0 aliphatic carbocycles. The van der Waals surface area contributed by atoms with Gasteiger partial charge in [-0.1, -0.05) is 18.2 Å². The first kappa shape index (κ1) is 19.0. The number of aromatic nitrogens is 2. The Morgan fingerprint density at radius 2 is 1.96 bits per heavy atom. The number of carbonyl (C=O) groups is 1. The van der Waals surface area contributed by atoms with Crippen LogP contribution in [0.4, 0.5) is 0 Å². The van der Waals surface area contributed by atoms with E-state index in [1.807, 2.05) is 46.0 Å². The van der Waals surface area contributed by atoms with Gasteiger partial charge in [-0.2, -0.15) is 5.10 Å². The lowest BCUT2D eigenvalue weighted by molar-refractivity contribution is 0.0298. The van der Waals surface area contributed by atoms with Crippen molar-refractivity contribution < 1.29 is 14.3 Å². The van der Waals surface area contributed by atoms with Crippen LogP contribution in [0, 0.1) is 0 Å². The van der Waals surface area contributed by atoms with Crippen LogP contribution in [-0.2, 0) is 17.8 Å². The van der Waals surface area contributed by atoms with Gasteiger partial charge in [-0.05, 0) is 31.5 Å². The minimum absolute atomic E-state index is 0.0101. The molecule has 1 saturated heterocycles. The van der Waals surface area contributed by atoms with Crippen LogP contribution >= 0.6 is 0 Å². The van der Waals surface area contributed by atoms with Crippen molar-refractivity contribution in [1.29, 1.82) is 0 Å². The minimum Gasteiger partial charge on any atom is -0.492 e. The second-order valence-corrected chi connectivity index (χ2v) is 7.45. The molecule has 1 aromatic carbocycles. The molecule has 1 unspecified atom stereocenters. The maximum Gasteiger partial charge on any atom is 0.274 e. The molecule has 1 aromatic heterocycles. The van der Waals surface area contributed by atoms with Gasteiger partial charge in [0.15, 0.2) is 5.69 Å². The topological polar surface area (TPSA) is 59.8 Å². The number of carbonyl (C=O) groups excluding carboxylic acids is 1. The third-order valence-electron chi connectivity index (χ3n) is 5.42. The summed E-state index contributed by atoms with van der Waals surface area (Å²) in [7, 11) is 0. The van der Waals surface area contributed by atoms with E-state index in [1.165, 1.54) is 0 Å². The normalized spacial score (nSPS) is 19.0. The van der Waals surface area contributed by atoms with Crippen LogP contribution in [0.5, 0.6) is 5.75 Å². The molecule has 1 amide bonds. The molecule has 1 atom stereocenters. The summed E-state index contributed by atoms with van der Waals surface area (Å²) in [4.78, 5) is 17.0. The summed E-state index contributed by atoms with van der Waals surface area (Å²) < 4.78 is 13.3. The van der Waals surface area contributed by atoms with E-state index in [2.05, 4.69) is 16.9 Å². The van der Waals surface area contributed by atoms with Crippen LogP contribution in [-0.4, -0.2) is 71.0 Å². The van der Waals surface area contributed by atoms with Gasteiger partial charge in [0.25, 0.3) is 5.91 Å². The van der Waals surface area contributed by atoms with Crippen molar-refractivity contribution in [1.82, 2.24) is 19.6 Å². The van der Waals surface area contributed by atoms with E-state index < -0.39 is 0 Å². The number of benzene rings is 1. The first-order chi connectivity index (χ1) is 13.7. The lowest BCUT2D eigenvalue weighted by Crippen LogP contribution is -2.40. The lowest BCUT2D eigenvalue weighted by atomic mass is 10.2. The number of amides is 1. The van der Waals surface area contributed by atoms with E-state index in [9.17, 15) is 4.79 Å². The van der Waals surface area contributed by atoms with Gasteiger partial charge < -0.3 is 14.4 Å². The highest BCUT2D eigenvalue weighted by Crippen LogP contribution is 2.18. The number of nitrogens with zero attached hydrogens (tertiary/aromatic N) is 4. The molecule has 7 nitrogen and oxygen atoms in total. The maximum atomic E-state index is 12.7. The fraction of sp³-hybridized carbons (Fsp3) is 0.524. The molecule has 4 rings (SSSR count). The molecule has 7 heteroatoms. The zero-order chi connectivity index (χ0) is 19.3. The quantitative estimate of drug-likeness (QED) is 0.789. The Labute approximate surface area is 165 Å². The maximum absolute atomic E-state index is 12.7. The number of hydrogen-bond acceptors (Lipinski definition) is 5. The Balaban J connectivity index is 1.40. The van der Waals surface area contributed by atoms with E-state index in [0.717, 1.165) is 37.5 Å². The molecule has 1 fully saturated rings. The predicted molar refractivity (Wildman–Crippen MR) is 105 cm³/mol. The monoisotopic (exact) mass is 384 g/mol. The first-order valence-corrected chi connectivity index (χ1v) is 10.1. The Morgan fingerprint density at radius 1 is 1.18 bits per heavy atom. The van der Waals surface area contributed by atoms with Crippen molar-refractivity contribution in [2.75, 3.05) is 39.5 Å². The van der Waals surface area contributed by atoms with Crippen LogP contribution in [0.3, 0.4) is 0 Å². The predicted octanol–water partition coefficient (Wildman–Crippen LogP) is 2.03. The van der Waals surface area contributed by atoms with E-state index in [0.29, 0.717) is 38.6 Å². The SMILES string of the molecule is CC(COc1ccccc1)N1CCCn2nc(C(=O)N3CCOCC3)cc2C1. The zero-order valence-corrected chi connectivity index (χ0v) is 16.4. The fourth-order valence-electron chi connectivity index (χ4n) is 3.74. The highest BCUT2D eigenvalue weighted by Gasteiger charge is 2.25. The number of hydrogen-bond donors (Lipinski definition) is 0. The van der Waals surface area contributed by atoms with Crippen molar-refractivity contribution in [3.63, 3.8) is 0 Å². The molecule has 2 aliphatic heterocycles. The molecule has 28 heavy (non-hydrogen) atoms. The van der Waals surface area contributed by atoms with Gasteiger partial charge in [-0.25, -0.2) is 0 Å². The average molecular weight is 384 g/mol. The molecule has 0 radical (unpaired) electrons. The summed E-state index contributed by atoms with van der Waals surface area (Å²) >= 11 is 0. The number of aryl methyl sites for hydroxylation is 1. The minimum atomic E-state index is 0.0101. The largest absolute Gasteiger partial charge is 0.492 e. The summed E-state index contributed by atoms with van der Waals surface area (Å²) in [5.74, 6) is 0.906. The van der Waals surface area contributed by atoms with Crippen molar-refractivity contribution >= 4 is 5.91 Å². The molecule has 150 valence electrons. The van der Waals surface area contributed by atoms with E-state index in [-0.39, 0.29) is 11.9 Å². The summed E-state index contributed by atoms with van der Waals surface area (Å²) in [6.07, 6.45) is 1.01. The number of ether oxygens (including phenoxy) is 2. The average Bonchev–Trinajstić information content (AvgIpc) is 3.04. The van der Waals surface area contributed by atoms with Gasteiger partial charge in [-0.15, -0.1) is 0 Å². The Kier molecular flexibility index (Phi) is 5.92. The number of fused-ring (bicyclic) bond motifs is 1.